The van der Waals surface area contributed by atoms with Gasteiger partial charge in [0.1, 0.15) is 11.6 Å². The molecule has 22 heavy (non-hydrogen) atoms. The van der Waals surface area contributed by atoms with E-state index in [1.54, 1.807) is 12.1 Å². The number of ether oxygens (including phenoxy) is 2. The van der Waals surface area contributed by atoms with Gasteiger partial charge in [-0.15, -0.1) is 0 Å². The summed E-state index contributed by atoms with van der Waals surface area (Å²) in [7, 11) is 0. The van der Waals surface area contributed by atoms with Crippen LogP contribution in [-0.4, -0.2) is 45.4 Å². The number of nitrogens with one attached hydrogen (secondary N) is 2. The van der Waals surface area contributed by atoms with Crippen molar-refractivity contribution >= 4 is 5.96 Å². The van der Waals surface area contributed by atoms with Crippen LogP contribution in [0.15, 0.2) is 29.3 Å². The standard InChI is InChI=1S/C16H26FN3O2/c1-3-18-16(20-11-13-21-4-2)19-10-5-12-22-15-8-6-14(17)7-9-15/h6-9H,3-5,10-13H2,1-2H3,(H2,18,19,20). The second-order valence-corrected chi connectivity index (χ2v) is 4.54. The zero-order valence-electron chi connectivity index (χ0n) is 13.4. The molecule has 0 amide bonds. The number of halogens is 1. The van der Waals surface area contributed by atoms with Gasteiger partial charge in [0, 0.05) is 32.7 Å². The van der Waals surface area contributed by atoms with Crippen LogP contribution in [0.25, 0.3) is 0 Å². The lowest BCUT2D eigenvalue weighted by Gasteiger charge is -2.11. The molecule has 0 bridgehead atoms. The maximum atomic E-state index is 12.7. The Bertz CT molecular complexity index is 424. The van der Waals surface area contributed by atoms with Gasteiger partial charge in [-0.05, 0) is 38.1 Å². The lowest BCUT2D eigenvalue weighted by atomic mass is 10.3. The highest BCUT2D eigenvalue weighted by atomic mass is 19.1. The fourth-order valence-electron chi connectivity index (χ4n) is 1.70. The van der Waals surface area contributed by atoms with Gasteiger partial charge in [0.25, 0.3) is 0 Å². The van der Waals surface area contributed by atoms with Gasteiger partial charge >= 0.3 is 0 Å². The Balaban J connectivity index is 2.20. The van der Waals surface area contributed by atoms with E-state index in [0.29, 0.717) is 25.5 Å². The summed E-state index contributed by atoms with van der Waals surface area (Å²) in [5.41, 5.74) is 0. The normalized spacial score (nSPS) is 11.3. The first-order chi connectivity index (χ1) is 10.8. The second-order valence-electron chi connectivity index (χ2n) is 4.54. The van der Waals surface area contributed by atoms with Crippen LogP contribution in [0, 0.1) is 5.82 Å². The zero-order chi connectivity index (χ0) is 16.0. The predicted octanol–water partition coefficient (Wildman–Crippen LogP) is 2.19. The summed E-state index contributed by atoms with van der Waals surface area (Å²) in [5.74, 6) is 1.20. The first-order valence-corrected chi connectivity index (χ1v) is 7.74. The van der Waals surface area contributed by atoms with Crippen molar-refractivity contribution in [2.24, 2.45) is 4.99 Å². The van der Waals surface area contributed by atoms with Gasteiger partial charge in [0.05, 0.1) is 13.2 Å². The molecule has 1 rings (SSSR count). The minimum absolute atomic E-state index is 0.259. The molecule has 0 saturated heterocycles. The number of nitrogens with zero attached hydrogens (tertiary/aromatic N) is 1. The van der Waals surface area contributed by atoms with E-state index >= 15 is 0 Å². The van der Waals surface area contributed by atoms with E-state index in [4.69, 9.17) is 9.47 Å². The van der Waals surface area contributed by atoms with Crippen molar-refractivity contribution in [3.63, 3.8) is 0 Å². The van der Waals surface area contributed by atoms with Crippen molar-refractivity contribution in [1.82, 2.24) is 10.6 Å². The van der Waals surface area contributed by atoms with Crippen LogP contribution in [0.4, 0.5) is 4.39 Å². The van der Waals surface area contributed by atoms with E-state index in [1.807, 2.05) is 13.8 Å². The van der Waals surface area contributed by atoms with E-state index in [1.165, 1.54) is 12.1 Å². The summed E-state index contributed by atoms with van der Waals surface area (Å²) in [5, 5.41) is 6.38. The molecule has 0 aromatic heterocycles. The van der Waals surface area contributed by atoms with E-state index in [9.17, 15) is 4.39 Å². The molecule has 0 radical (unpaired) electrons. The molecule has 0 aliphatic carbocycles. The van der Waals surface area contributed by atoms with Crippen molar-refractivity contribution in [3.8, 4) is 5.75 Å². The highest BCUT2D eigenvalue weighted by molar-refractivity contribution is 5.79. The van der Waals surface area contributed by atoms with Crippen LogP contribution in [0.3, 0.4) is 0 Å². The van der Waals surface area contributed by atoms with Gasteiger partial charge in [0.2, 0.25) is 0 Å². The minimum Gasteiger partial charge on any atom is -0.494 e. The topological polar surface area (TPSA) is 54.9 Å². The Morgan fingerprint density at radius 3 is 2.59 bits per heavy atom. The smallest absolute Gasteiger partial charge is 0.191 e. The van der Waals surface area contributed by atoms with E-state index < -0.39 is 0 Å². The summed E-state index contributed by atoms with van der Waals surface area (Å²) in [6, 6.07) is 6.02. The number of guanidine groups is 1. The molecule has 0 aliphatic heterocycles. The molecule has 0 atom stereocenters. The lowest BCUT2D eigenvalue weighted by Crippen LogP contribution is -2.39. The zero-order valence-corrected chi connectivity index (χ0v) is 13.4. The van der Waals surface area contributed by atoms with Crippen LogP contribution in [0.5, 0.6) is 5.75 Å². The van der Waals surface area contributed by atoms with Crippen molar-refractivity contribution in [3.05, 3.63) is 30.1 Å². The molecule has 0 heterocycles. The van der Waals surface area contributed by atoms with Crippen molar-refractivity contribution < 1.29 is 13.9 Å². The largest absolute Gasteiger partial charge is 0.494 e. The third kappa shape index (κ3) is 8.46. The Kier molecular flexibility index (Phi) is 9.78. The number of benzene rings is 1. The number of hydrogen-bond acceptors (Lipinski definition) is 3. The molecule has 1 aromatic rings. The molecule has 0 fully saturated rings. The summed E-state index contributed by atoms with van der Waals surface area (Å²) in [6.45, 7) is 8.12. The van der Waals surface area contributed by atoms with E-state index in [2.05, 4.69) is 15.6 Å². The Morgan fingerprint density at radius 1 is 1.14 bits per heavy atom. The third-order valence-corrected chi connectivity index (χ3v) is 2.74. The molecule has 0 saturated carbocycles. The summed E-state index contributed by atoms with van der Waals surface area (Å²) in [6.07, 6.45) is 0.791. The Morgan fingerprint density at radius 2 is 1.91 bits per heavy atom. The molecule has 6 heteroatoms. The molecular weight excluding hydrogens is 285 g/mol. The maximum Gasteiger partial charge on any atom is 0.191 e. The molecule has 5 nitrogen and oxygen atoms in total. The Labute approximate surface area is 131 Å². The van der Waals surface area contributed by atoms with Crippen molar-refractivity contribution in [2.45, 2.75) is 20.3 Å². The fourth-order valence-corrected chi connectivity index (χ4v) is 1.70. The minimum atomic E-state index is -0.259. The van der Waals surface area contributed by atoms with Gasteiger partial charge in [0.15, 0.2) is 5.96 Å². The predicted molar refractivity (Wildman–Crippen MR) is 87.0 cm³/mol. The molecule has 2 N–H and O–H groups in total. The van der Waals surface area contributed by atoms with E-state index in [-0.39, 0.29) is 5.82 Å². The van der Waals surface area contributed by atoms with Crippen molar-refractivity contribution in [2.75, 3.05) is 39.5 Å². The fraction of sp³-hybridized carbons (Fsp3) is 0.562. The lowest BCUT2D eigenvalue weighted by molar-refractivity contribution is 0.152. The number of rotatable bonds is 10. The van der Waals surface area contributed by atoms with E-state index in [0.717, 1.165) is 32.1 Å². The average molecular weight is 311 g/mol. The first-order valence-electron chi connectivity index (χ1n) is 7.74. The molecule has 1 aromatic carbocycles. The van der Waals surface area contributed by atoms with Crippen molar-refractivity contribution in [1.29, 1.82) is 0 Å². The van der Waals surface area contributed by atoms with Crippen LogP contribution < -0.4 is 15.4 Å². The number of hydrogen-bond donors (Lipinski definition) is 2. The van der Waals surface area contributed by atoms with Crippen LogP contribution in [0.1, 0.15) is 20.3 Å². The van der Waals surface area contributed by atoms with Crippen LogP contribution in [-0.2, 0) is 4.74 Å². The summed E-state index contributed by atoms with van der Waals surface area (Å²) in [4.78, 5) is 4.46. The monoisotopic (exact) mass is 311 g/mol. The molecular formula is C16H26FN3O2. The van der Waals surface area contributed by atoms with Gasteiger partial charge < -0.3 is 20.1 Å². The Hall–Kier alpha value is -1.82. The quantitative estimate of drug-likeness (QED) is 0.395. The highest BCUT2D eigenvalue weighted by Gasteiger charge is 1.97. The second kappa shape index (κ2) is 11.8. The van der Waals surface area contributed by atoms with Gasteiger partial charge in [-0.3, -0.25) is 4.99 Å². The highest BCUT2D eigenvalue weighted by Crippen LogP contribution is 2.10. The van der Waals surface area contributed by atoms with Gasteiger partial charge in [-0.1, -0.05) is 0 Å². The molecule has 0 spiro atoms. The summed E-state index contributed by atoms with van der Waals surface area (Å²) >= 11 is 0. The number of aliphatic imine (C=N–C) groups is 1. The maximum absolute atomic E-state index is 12.7. The SMILES string of the molecule is CCNC(=NCCCOc1ccc(F)cc1)NCCOCC. The average Bonchev–Trinajstić information content (AvgIpc) is 2.53. The third-order valence-electron chi connectivity index (χ3n) is 2.74. The van der Waals surface area contributed by atoms with Crippen LogP contribution in [0.2, 0.25) is 0 Å². The molecule has 124 valence electrons. The van der Waals surface area contributed by atoms with Crippen LogP contribution >= 0.6 is 0 Å². The molecule has 0 unspecified atom stereocenters. The molecule has 0 aliphatic rings. The first kappa shape index (κ1) is 18.2. The van der Waals surface area contributed by atoms with Gasteiger partial charge in [-0.25, -0.2) is 4.39 Å². The summed E-state index contributed by atoms with van der Waals surface area (Å²) < 4.78 is 23.5. The van der Waals surface area contributed by atoms with Gasteiger partial charge in [-0.2, -0.15) is 0 Å².